The zero-order chi connectivity index (χ0) is 59.3. The van der Waals surface area contributed by atoms with Gasteiger partial charge in [0.25, 0.3) is 11.8 Å². The number of aliphatic hydroxyl groups is 1. The number of aryl methyl sites for hydroxylation is 1. The number of Topliss-reactive ketones (excluding diaryl/α,β-unsaturated/α-hetero) is 1. The molecule has 4 atom stereocenters. The maximum absolute atomic E-state index is 14.4. The molecule has 29 heteroatoms. The Balaban J connectivity index is 1.05. The van der Waals surface area contributed by atoms with Crippen LogP contribution in [0, 0.1) is 12.8 Å². The molecule has 9 aromatic rings. The third-order valence-corrected chi connectivity index (χ3v) is 19.0. The minimum atomic E-state index is -1.22. The number of rotatable bonds is 12. The lowest BCUT2D eigenvalue weighted by atomic mass is 9.90. The number of fused-ring (bicyclic) bond motifs is 14. The molecule has 0 saturated carbocycles. The summed E-state index contributed by atoms with van der Waals surface area (Å²) in [5, 5.41) is 44.7. The van der Waals surface area contributed by atoms with Crippen molar-refractivity contribution < 1.29 is 43.7 Å². The SMILES string of the molecule is C=C1NCC(=O)N[C@@H]([C@@H](O)c2ccccc2)c2nc(cs2)-c2nc(cs2)-c2nc(-c3nc(-n4cnc(C(=O)NCC(=O)O)c4)cs3)ccc2-c2nc(cs2)C(=O)N[C@@H](CC(=O)NC)c2nc(c(C)s2)C(=O)C[C@H](C(C)C)c2nc1c(COC)s2. The van der Waals surface area contributed by atoms with Crippen molar-refractivity contribution in [1.29, 1.82) is 0 Å². The minimum absolute atomic E-state index is 0.00901. The molecular weight excluding hydrogens is 1190 g/mol. The van der Waals surface area contributed by atoms with Crippen LogP contribution in [0.3, 0.4) is 0 Å². The molecule has 1 aromatic carbocycles. The van der Waals surface area contributed by atoms with Crippen molar-refractivity contribution in [2.24, 2.45) is 5.92 Å². The van der Waals surface area contributed by atoms with E-state index in [1.165, 1.54) is 92.2 Å². The lowest BCUT2D eigenvalue weighted by Crippen LogP contribution is -2.38. The summed E-state index contributed by atoms with van der Waals surface area (Å²) in [6, 6.07) is 10.5. The van der Waals surface area contributed by atoms with Gasteiger partial charge in [-0.1, -0.05) is 50.8 Å². The second kappa shape index (κ2) is 25.8. The van der Waals surface area contributed by atoms with Gasteiger partial charge in [-0.25, -0.2) is 39.9 Å². The molecule has 9 heterocycles. The number of thiazole rings is 6. The van der Waals surface area contributed by atoms with Gasteiger partial charge in [0.15, 0.2) is 5.78 Å². The van der Waals surface area contributed by atoms with Gasteiger partial charge in [0.2, 0.25) is 11.8 Å². The Morgan fingerprint density at radius 3 is 2.30 bits per heavy atom. The van der Waals surface area contributed by atoms with Crippen molar-refractivity contribution in [3.63, 3.8) is 0 Å². The molecule has 1 aliphatic heterocycles. The summed E-state index contributed by atoms with van der Waals surface area (Å²) in [7, 11) is 3.05. The van der Waals surface area contributed by atoms with Crippen LogP contribution in [-0.4, -0.2) is 117 Å². The number of aliphatic carboxylic acids is 1. The van der Waals surface area contributed by atoms with Gasteiger partial charge in [-0.3, -0.25) is 33.3 Å². The van der Waals surface area contributed by atoms with Crippen LogP contribution < -0.4 is 26.6 Å². The highest BCUT2D eigenvalue weighted by Crippen LogP contribution is 2.41. The highest BCUT2D eigenvalue weighted by atomic mass is 32.1. The molecule has 0 fully saturated rings. The number of pyridine rings is 1. The predicted octanol–water partition coefficient (Wildman–Crippen LogP) is 8.03. The standard InChI is InChI=1S/C55H52N14O9S6/c1-25(2)30-14-37(70)44-27(4)83-54(68-44)32(15-40(71)56-5)61-49(77)35-21-79-50(63-35)29-12-13-31(52-65-39(23-82-52)69-18-33(59-24-69)48(76)58-17-42(73)74)60-45(29)34-20-80-53(62-34)36-22-81-55(64-36)46(47(75)28-10-8-7-9-11-28)66-41(72)16-57-26(3)43-38(19-78-6)84-51(30)67-43/h7-13,18,20-25,30,32,46-47,57,75H,3,14-17,19H2,1-2,4-6H3,(H,56,71)(H,58,76)(H,61,77)(H,66,72)(H,73,74)/t30-,32+,46+,47+/m1/s1. The van der Waals surface area contributed by atoms with Crippen molar-refractivity contribution in [3.05, 3.63) is 136 Å². The van der Waals surface area contributed by atoms with Crippen molar-refractivity contribution in [1.82, 2.24) is 71.0 Å². The number of ether oxygens (including phenoxy) is 1. The quantitative estimate of drug-likeness (QED) is 0.0608. The Morgan fingerprint density at radius 2 is 1.54 bits per heavy atom. The average Bonchev–Trinajstić information content (AvgIpc) is 4.49. The van der Waals surface area contributed by atoms with Crippen LogP contribution in [0.1, 0.15) is 118 Å². The Bertz CT molecular complexity index is 3950. The van der Waals surface area contributed by atoms with E-state index >= 15 is 0 Å². The number of carbonyl (C=O) groups excluding carboxylic acids is 5. The van der Waals surface area contributed by atoms with E-state index < -0.39 is 48.4 Å². The number of ketones is 1. The molecule has 10 rings (SSSR count). The number of methoxy groups -OCH3 is 1. The lowest BCUT2D eigenvalue weighted by Gasteiger charge is -2.23. The number of benzene rings is 1. The van der Waals surface area contributed by atoms with Crippen LogP contribution in [0.5, 0.6) is 0 Å². The fourth-order valence-corrected chi connectivity index (χ4v) is 14.5. The number of nitrogens with one attached hydrogen (secondary N) is 5. The molecular formula is C55H52N14O9S6. The number of carboxylic acid groups (broad SMARTS) is 1. The van der Waals surface area contributed by atoms with Crippen LogP contribution in [-0.2, 0) is 25.7 Å². The van der Waals surface area contributed by atoms with E-state index in [1.54, 1.807) is 72.0 Å². The fourth-order valence-electron chi connectivity index (χ4n) is 8.85. The van der Waals surface area contributed by atoms with Crippen molar-refractivity contribution >= 4 is 109 Å². The van der Waals surface area contributed by atoms with Gasteiger partial charge in [0.1, 0.15) is 95.7 Å². The van der Waals surface area contributed by atoms with Gasteiger partial charge < -0.3 is 41.5 Å². The predicted molar refractivity (Wildman–Crippen MR) is 320 cm³/mol. The molecule has 0 saturated heterocycles. The van der Waals surface area contributed by atoms with Gasteiger partial charge in [-0.2, -0.15) is 0 Å². The maximum atomic E-state index is 14.4. The molecule has 0 unspecified atom stereocenters. The van der Waals surface area contributed by atoms with Crippen molar-refractivity contribution in [2.45, 2.75) is 64.3 Å². The fraction of sp³-hybridized carbons (Fsp3) is 0.273. The first-order chi connectivity index (χ1) is 40.4. The summed E-state index contributed by atoms with van der Waals surface area (Å²) >= 11 is 7.57. The van der Waals surface area contributed by atoms with Crippen LogP contribution >= 0.6 is 68.0 Å². The summed E-state index contributed by atoms with van der Waals surface area (Å²) in [4.78, 5) is 119. The van der Waals surface area contributed by atoms with Crippen molar-refractivity contribution in [2.75, 3.05) is 27.2 Å². The van der Waals surface area contributed by atoms with E-state index in [-0.39, 0.29) is 66.6 Å². The Labute approximate surface area is 503 Å². The number of imidazole rings is 1. The van der Waals surface area contributed by atoms with E-state index in [0.29, 0.717) is 86.0 Å². The number of aromatic nitrogens is 9. The van der Waals surface area contributed by atoms with Gasteiger partial charge in [-0.15, -0.1) is 68.0 Å². The second-order valence-corrected chi connectivity index (χ2v) is 25.1. The molecule has 7 N–H and O–H groups in total. The van der Waals surface area contributed by atoms with Gasteiger partial charge >= 0.3 is 5.97 Å². The number of carboxylic acids is 1. The summed E-state index contributed by atoms with van der Waals surface area (Å²) in [6.07, 6.45) is 1.46. The van der Waals surface area contributed by atoms with Crippen LogP contribution in [0.25, 0.3) is 54.9 Å². The summed E-state index contributed by atoms with van der Waals surface area (Å²) in [5.41, 5.74) is 3.84. The van der Waals surface area contributed by atoms with E-state index in [2.05, 4.69) is 38.1 Å². The van der Waals surface area contributed by atoms with Gasteiger partial charge in [0.05, 0.1) is 46.9 Å². The third-order valence-electron chi connectivity index (χ3n) is 13.2. The smallest absolute Gasteiger partial charge is 0.322 e. The first-order valence-electron chi connectivity index (χ1n) is 25.8. The van der Waals surface area contributed by atoms with E-state index in [1.807, 2.05) is 19.9 Å². The Morgan fingerprint density at radius 1 is 0.810 bits per heavy atom. The summed E-state index contributed by atoms with van der Waals surface area (Å²) in [5.74, 6) is -3.57. The zero-order valence-electron chi connectivity index (χ0n) is 45.4. The number of hydrogen-bond donors (Lipinski definition) is 7. The molecule has 23 nitrogen and oxygen atoms in total. The van der Waals surface area contributed by atoms with Crippen molar-refractivity contribution in [3.8, 4) is 49.2 Å². The van der Waals surface area contributed by atoms with Crippen LogP contribution in [0.2, 0.25) is 0 Å². The molecule has 8 aromatic heterocycles. The average molecular weight is 1250 g/mol. The second-order valence-electron chi connectivity index (χ2n) is 19.3. The molecule has 0 radical (unpaired) electrons. The summed E-state index contributed by atoms with van der Waals surface area (Å²) < 4.78 is 7.10. The topological polar surface area (TPSA) is 320 Å². The molecule has 4 amide bonds. The molecule has 432 valence electrons. The van der Waals surface area contributed by atoms with Crippen LogP contribution in [0.15, 0.2) is 83.1 Å². The Hall–Kier alpha value is -8.16. The zero-order valence-corrected chi connectivity index (χ0v) is 50.3. The molecule has 0 aliphatic carbocycles. The van der Waals surface area contributed by atoms with Crippen LogP contribution in [0.4, 0.5) is 0 Å². The summed E-state index contributed by atoms with van der Waals surface area (Å²) in [6.45, 7) is 9.39. The molecule has 0 spiro atoms. The highest BCUT2D eigenvalue weighted by Gasteiger charge is 2.33. The number of nitrogens with zero attached hydrogens (tertiary/aromatic N) is 9. The monoisotopic (exact) mass is 1240 g/mol. The van der Waals surface area contributed by atoms with Gasteiger partial charge in [0, 0.05) is 64.7 Å². The maximum Gasteiger partial charge on any atom is 0.322 e. The molecule has 1 aliphatic rings. The number of aliphatic hydroxyl groups excluding tert-OH is 1. The molecule has 84 heavy (non-hydrogen) atoms. The number of carbonyl (C=O) groups is 6. The third kappa shape index (κ3) is 13.1. The van der Waals surface area contributed by atoms with Gasteiger partial charge in [-0.05, 0) is 30.5 Å². The normalized spacial score (nSPS) is 16.3. The van der Waals surface area contributed by atoms with E-state index in [9.17, 15) is 33.9 Å². The largest absolute Gasteiger partial charge is 0.480 e. The van der Waals surface area contributed by atoms with E-state index in [0.717, 1.165) is 4.88 Å². The lowest BCUT2D eigenvalue weighted by molar-refractivity contribution is -0.135. The first-order valence-corrected chi connectivity index (χ1v) is 30.9. The number of amides is 4. The first kappa shape index (κ1) is 59.0. The highest BCUT2D eigenvalue weighted by molar-refractivity contribution is 7.15. The molecule has 10 bridgehead atoms. The minimum Gasteiger partial charge on any atom is -0.480 e. The number of hydrogen-bond acceptors (Lipinski definition) is 23. The van der Waals surface area contributed by atoms with E-state index in [4.69, 9.17) is 44.7 Å². The Kier molecular flexibility index (Phi) is 18.1.